The first kappa shape index (κ1) is 20.1. The largest absolute Gasteiger partial charge is 0.467 e. The molecule has 5 rings (SSSR count). The predicted octanol–water partition coefficient (Wildman–Crippen LogP) is 5.81. The Kier molecular flexibility index (Phi) is 5.89. The van der Waals surface area contributed by atoms with E-state index in [0.29, 0.717) is 13.1 Å². The van der Waals surface area contributed by atoms with Crippen LogP contribution in [0.1, 0.15) is 43.6 Å². The second kappa shape index (κ2) is 9.10. The van der Waals surface area contributed by atoms with Gasteiger partial charge < -0.3 is 9.32 Å². The highest BCUT2D eigenvalue weighted by Gasteiger charge is 2.26. The van der Waals surface area contributed by atoms with E-state index < -0.39 is 0 Å². The molecule has 3 heterocycles. The number of hydrogen-bond donors (Lipinski definition) is 0. The summed E-state index contributed by atoms with van der Waals surface area (Å²) in [4.78, 5) is 21.1. The SMILES string of the molecule is O=C(C1CCCCC1)N(CCc1csc2nc(-c3ccccc3)cn12)Cc1ccco1. The van der Waals surface area contributed by atoms with Crippen LogP contribution in [0.25, 0.3) is 16.2 Å². The summed E-state index contributed by atoms with van der Waals surface area (Å²) in [6.45, 7) is 1.22. The number of imidazole rings is 1. The summed E-state index contributed by atoms with van der Waals surface area (Å²) in [6, 6.07) is 14.1. The summed E-state index contributed by atoms with van der Waals surface area (Å²) in [7, 11) is 0. The van der Waals surface area contributed by atoms with Gasteiger partial charge in [-0.2, -0.15) is 0 Å². The zero-order valence-electron chi connectivity index (χ0n) is 17.6. The summed E-state index contributed by atoms with van der Waals surface area (Å²) < 4.78 is 7.72. The predicted molar refractivity (Wildman–Crippen MR) is 123 cm³/mol. The van der Waals surface area contributed by atoms with Gasteiger partial charge in [0.05, 0.1) is 18.5 Å². The highest BCUT2D eigenvalue weighted by molar-refractivity contribution is 7.15. The third kappa shape index (κ3) is 4.44. The molecule has 1 amide bonds. The smallest absolute Gasteiger partial charge is 0.226 e. The molecule has 3 aromatic heterocycles. The maximum atomic E-state index is 13.3. The molecule has 5 nitrogen and oxygen atoms in total. The number of fused-ring (bicyclic) bond motifs is 1. The van der Waals surface area contributed by atoms with Crippen molar-refractivity contribution in [2.75, 3.05) is 6.54 Å². The molecule has 1 aliphatic rings. The molecule has 31 heavy (non-hydrogen) atoms. The Balaban J connectivity index is 1.34. The summed E-state index contributed by atoms with van der Waals surface area (Å²) >= 11 is 1.65. The summed E-state index contributed by atoms with van der Waals surface area (Å²) in [6.07, 6.45) is 10.2. The van der Waals surface area contributed by atoms with Crippen LogP contribution in [0, 0.1) is 5.92 Å². The van der Waals surface area contributed by atoms with E-state index in [1.165, 1.54) is 12.1 Å². The molecule has 1 aromatic carbocycles. The van der Waals surface area contributed by atoms with E-state index in [9.17, 15) is 4.79 Å². The van der Waals surface area contributed by atoms with Gasteiger partial charge in [-0.05, 0) is 25.0 Å². The Bertz CT molecular complexity index is 1120. The van der Waals surface area contributed by atoms with E-state index in [1.807, 2.05) is 35.2 Å². The minimum atomic E-state index is 0.157. The molecule has 6 heteroatoms. The maximum Gasteiger partial charge on any atom is 0.226 e. The molecular formula is C25H27N3O2S. The number of nitrogens with zero attached hydrogens (tertiary/aromatic N) is 3. The van der Waals surface area contributed by atoms with Gasteiger partial charge in [0.1, 0.15) is 5.76 Å². The Morgan fingerprint density at radius 3 is 2.74 bits per heavy atom. The number of hydrogen-bond acceptors (Lipinski definition) is 4. The molecular weight excluding hydrogens is 406 g/mol. The van der Waals surface area contributed by atoms with E-state index in [-0.39, 0.29) is 11.8 Å². The van der Waals surface area contributed by atoms with Gasteiger partial charge in [0.25, 0.3) is 0 Å². The van der Waals surface area contributed by atoms with Crippen LogP contribution in [0.2, 0.25) is 0 Å². The average Bonchev–Trinajstić information content (AvgIpc) is 3.56. The first-order valence-corrected chi connectivity index (χ1v) is 12.0. The van der Waals surface area contributed by atoms with Crippen LogP contribution in [0.3, 0.4) is 0 Å². The molecule has 0 N–H and O–H groups in total. The second-order valence-corrected chi connectivity index (χ2v) is 9.13. The van der Waals surface area contributed by atoms with E-state index in [1.54, 1.807) is 17.6 Å². The van der Waals surface area contributed by atoms with Crippen molar-refractivity contribution >= 4 is 22.2 Å². The molecule has 1 fully saturated rings. The van der Waals surface area contributed by atoms with Gasteiger partial charge in [0, 0.05) is 41.7 Å². The van der Waals surface area contributed by atoms with Crippen LogP contribution in [-0.4, -0.2) is 26.7 Å². The van der Waals surface area contributed by atoms with Crippen molar-refractivity contribution in [1.82, 2.24) is 14.3 Å². The number of rotatable bonds is 7. The fourth-order valence-corrected chi connectivity index (χ4v) is 5.38. The number of carbonyl (C=O) groups excluding carboxylic acids is 1. The molecule has 1 saturated carbocycles. The van der Waals surface area contributed by atoms with Gasteiger partial charge in [-0.15, -0.1) is 11.3 Å². The highest BCUT2D eigenvalue weighted by Crippen LogP contribution is 2.27. The normalized spacial score (nSPS) is 14.8. The van der Waals surface area contributed by atoms with E-state index in [4.69, 9.17) is 9.40 Å². The molecule has 0 aliphatic heterocycles. The molecule has 0 atom stereocenters. The van der Waals surface area contributed by atoms with Crippen LogP contribution in [0.4, 0.5) is 0 Å². The Hall–Kier alpha value is -2.86. The topological polar surface area (TPSA) is 50.8 Å². The van der Waals surface area contributed by atoms with Gasteiger partial charge in [-0.25, -0.2) is 4.98 Å². The Morgan fingerprint density at radius 2 is 1.97 bits per heavy atom. The summed E-state index contributed by atoms with van der Waals surface area (Å²) in [5.74, 6) is 1.27. The molecule has 160 valence electrons. The highest BCUT2D eigenvalue weighted by atomic mass is 32.1. The minimum Gasteiger partial charge on any atom is -0.467 e. The number of thiazole rings is 1. The van der Waals surface area contributed by atoms with Crippen molar-refractivity contribution in [2.45, 2.75) is 45.1 Å². The molecule has 0 unspecified atom stereocenters. The number of furan rings is 1. The van der Waals surface area contributed by atoms with Crippen LogP contribution in [0.15, 0.2) is 64.7 Å². The first-order chi connectivity index (χ1) is 15.3. The van der Waals surface area contributed by atoms with Gasteiger partial charge in [0.15, 0.2) is 4.96 Å². The Labute approximate surface area is 186 Å². The van der Waals surface area contributed by atoms with E-state index >= 15 is 0 Å². The van der Waals surface area contributed by atoms with Crippen molar-refractivity contribution in [1.29, 1.82) is 0 Å². The zero-order valence-corrected chi connectivity index (χ0v) is 18.4. The molecule has 0 saturated heterocycles. The molecule has 0 bridgehead atoms. The maximum absolute atomic E-state index is 13.3. The van der Waals surface area contributed by atoms with Crippen LogP contribution in [-0.2, 0) is 17.8 Å². The van der Waals surface area contributed by atoms with Crippen molar-refractivity contribution < 1.29 is 9.21 Å². The lowest BCUT2D eigenvalue weighted by Gasteiger charge is -2.29. The fraction of sp³-hybridized carbons (Fsp3) is 0.360. The summed E-state index contributed by atoms with van der Waals surface area (Å²) in [5.41, 5.74) is 3.30. The van der Waals surface area contributed by atoms with Gasteiger partial charge in [0.2, 0.25) is 5.91 Å². The van der Waals surface area contributed by atoms with Gasteiger partial charge in [-0.1, -0.05) is 49.6 Å². The van der Waals surface area contributed by atoms with E-state index in [2.05, 4.69) is 28.1 Å². The average molecular weight is 434 g/mol. The second-order valence-electron chi connectivity index (χ2n) is 8.30. The van der Waals surface area contributed by atoms with Crippen molar-refractivity contribution in [3.05, 3.63) is 71.8 Å². The third-order valence-electron chi connectivity index (χ3n) is 6.18. The summed E-state index contributed by atoms with van der Waals surface area (Å²) in [5, 5.41) is 2.16. The minimum absolute atomic E-state index is 0.157. The number of aromatic nitrogens is 2. The van der Waals surface area contributed by atoms with Crippen LogP contribution < -0.4 is 0 Å². The zero-order chi connectivity index (χ0) is 21.0. The number of benzene rings is 1. The number of carbonyl (C=O) groups is 1. The number of amides is 1. The third-order valence-corrected chi connectivity index (χ3v) is 7.07. The van der Waals surface area contributed by atoms with Crippen molar-refractivity contribution in [3.63, 3.8) is 0 Å². The molecule has 4 aromatic rings. The molecule has 0 spiro atoms. The van der Waals surface area contributed by atoms with Crippen LogP contribution >= 0.6 is 11.3 Å². The van der Waals surface area contributed by atoms with Crippen LogP contribution in [0.5, 0.6) is 0 Å². The van der Waals surface area contributed by atoms with E-state index in [0.717, 1.165) is 54.1 Å². The Morgan fingerprint density at radius 1 is 1.13 bits per heavy atom. The monoisotopic (exact) mass is 433 g/mol. The van der Waals surface area contributed by atoms with Crippen molar-refractivity contribution in [3.8, 4) is 11.3 Å². The lowest BCUT2D eigenvalue weighted by Crippen LogP contribution is -2.38. The van der Waals surface area contributed by atoms with Gasteiger partial charge >= 0.3 is 0 Å². The molecule has 1 aliphatic carbocycles. The van der Waals surface area contributed by atoms with Crippen molar-refractivity contribution in [2.24, 2.45) is 5.92 Å². The first-order valence-electron chi connectivity index (χ1n) is 11.1. The lowest BCUT2D eigenvalue weighted by molar-refractivity contribution is -0.137. The quantitative estimate of drug-likeness (QED) is 0.370. The fourth-order valence-electron chi connectivity index (χ4n) is 4.47. The van der Waals surface area contributed by atoms with Gasteiger partial charge in [-0.3, -0.25) is 9.20 Å². The molecule has 0 radical (unpaired) electrons. The lowest BCUT2D eigenvalue weighted by atomic mass is 9.88. The standard InChI is InChI=1S/C25H27N3O2S/c29-24(20-10-5-2-6-11-20)27(16-22-12-7-15-30-22)14-13-21-18-31-25-26-23(17-28(21)25)19-8-3-1-4-9-19/h1,3-4,7-9,12,15,17-18,20H,2,5-6,10-11,13-14,16H2.